The highest BCUT2D eigenvalue weighted by molar-refractivity contribution is 14.1. The number of carbonyl (C=O) groups is 11. The highest BCUT2D eigenvalue weighted by atomic mass is 127. The maximum absolute atomic E-state index is 14.9. The number of hydrogen-bond acceptors (Lipinski definition) is 20. The number of carboxylic acid groups (broad SMARTS) is 1. The lowest BCUT2D eigenvalue weighted by Crippen LogP contribution is -2.55. The average Bonchev–Trinajstić information content (AvgIpc) is 2.20. The molecule has 5 amide bonds. The number of fused-ring (bicyclic) bond motifs is 1. The molecule has 0 spiro atoms. The van der Waals surface area contributed by atoms with Gasteiger partial charge in [-0.2, -0.15) is 0 Å². The van der Waals surface area contributed by atoms with Crippen LogP contribution in [0.3, 0.4) is 0 Å². The van der Waals surface area contributed by atoms with Gasteiger partial charge in [-0.25, -0.2) is 0 Å². The molecule has 3 aromatic rings. The summed E-state index contributed by atoms with van der Waals surface area (Å²) in [5.41, 5.74) is 11.9. The Morgan fingerprint density at radius 2 is 1.34 bits per heavy atom. The molecule has 2 radical (unpaired) electrons. The van der Waals surface area contributed by atoms with Gasteiger partial charge >= 0.3 is 5.97 Å². The number of nitrogens with two attached hydrogens (primary N) is 2. The Kier molecular flexibility index (Phi) is 32.2. The zero-order chi connectivity index (χ0) is 66.2. The van der Waals surface area contributed by atoms with Gasteiger partial charge in [0.15, 0.2) is 25.4 Å². The van der Waals surface area contributed by atoms with E-state index in [9.17, 15) is 63.0 Å². The second-order valence-electron chi connectivity index (χ2n) is 22.7. The monoisotopic (exact) mass is 1380 g/mol. The zero-order valence-corrected chi connectivity index (χ0v) is 53.5. The largest absolute Gasteiger partial charge is 0.507 e. The fourth-order valence-electron chi connectivity index (χ4n) is 10.7. The van der Waals surface area contributed by atoms with Crippen molar-refractivity contribution in [3.63, 3.8) is 0 Å². The quantitative estimate of drug-likeness (QED) is 0.00888. The number of hydrogen-bond donors (Lipinski definition) is 10. The molecule has 0 aromatic heterocycles. The number of rotatable bonds is 31. The number of carbonyl (C=O) groups excluding carboxylic acids is 10. The molecule has 2 heterocycles. The molecule has 494 valence electrons. The van der Waals surface area contributed by atoms with E-state index >= 15 is 0 Å². The van der Waals surface area contributed by atoms with Crippen molar-refractivity contribution in [2.75, 3.05) is 105 Å². The third-order valence-corrected chi connectivity index (χ3v) is 16.6. The van der Waals surface area contributed by atoms with Crippen LogP contribution in [0.1, 0.15) is 69.4 Å². The van der Waals surface area contributed by atoms with E-state index in [0.29, 0.717) is 66.7 Å². The second-order valence-corrected chi connectivity index (χ2v) is 23.8. The lowest BCUT2D eigenvalue weighted by molar-refractivity contribution is -0.139. The molecule has 2 unspecified atom stereocenters. The Bertz CT molecular complexity index is 3000. The van der Waals surface area contributed by atoms with Gasteiger partial charge in [0.25, 0.3) is 12.9 Å². The SMILES string of the molecule is [B]C(=O)CCCCC(NC(=O)CN1CCN(COC=O)CCN(COC=O)CCN(CC(=O)O)CC1)C(=O)CNCCC[C@@H]1C(=O)N[C@@H](CCCN=C(N)N)C(=O)N[C@@H](Cc2ccc3ccccc3c2)C(=O)NCC(=O)N[C@H](Cc2ccc(O)c(I)c2)C(=O)C1C. The lowest BCUT2D eigenvalue weighted by Gasteiger charge is -2.33. The normalized spacial score (nSPS) is 20.3. The van der Waals surface area contributed by atoms with Crippen LogP contribution in [0.25, 0.3) is 10.8 Å². The van der Waals surface area contributed by atoms with Crippen molar-refractivity contribution in [1.82, 2.24) is 51.5 Å². The minimum atomic E-state index is -1.27. The Balaban J connectivity index is 1.36. The highest BCUT2D eigenvalue weighted by Crippen LogP contribution is 2.26. The molecule has 2 aliphatic heterocycles. The van der Waals surface area contributed by atoms with Crippen LogP contribution in [0.15, 0.2) is 65.7 Å². The van der Waals surface area contributed by atoms with Gasteiger partial charge in [0.2, 0.25) is 29.5 Å². The fraction of sp³-hybridized carbons (Fsp3) is 0.541. The molecule has 5 rings (SSSR count). The molecule has 0 aliphatic carbocycles. The van der Waals surface area contributed by atoms with E-state index in [-0.39, 0.29) is 135 Å². The van der Waals surface area contributed by atoms with E-state index in [4.69, 9.17) is 28.8 Å². The third-order valence-electron chi connectivity index (χ3n) is 15.8. The molecule has 2 aliphatic rings. The number of aliphatic carboxylic acids is 1. The molecule has 0 saturated carbocycles. The van der Waals surface area contributed by atoms with E-state index in [1.54, 1.807) is 28.9 Å². The number of aromatic hydroxyl groups is 1. The molecule has 30 heteroatoms. The van der Waals surface area contributed by atoms with Crippen LogP contribution in [-0.2, 0) is 75.1 Å². The van der Waals surface area contributed by atoms with Gasteiger partial charge in [-0.05, 0) is 115 Å². The molecule has 2 fully saturated rings. The maximum Gasteiger partial charge on any atom is 0.317 e. The summed E-state index contributed by atoms with van der Waals surface area (Å²) in [5.74, 6) is -7.81. The Morgan fingerprint density at radius 3 is 1.97 bits per heavy atom. The van der Waals surface area contributed by atoms with Crippen molar-refractivity contribution in [3.8, 4) is 5.75 Å². The Morgan fingerprint density at radius 1 is 0.736 bits per heavy atom. The predicted octanol–water partition coefficient (Wildman–Crippen LogP) is -1.36. The molecule has 91 heavy (non-hydrogen) atoms. The summed E-state index contributed by atoms with van der Waals surface area (Å²) in [6.45, 7) is 3.26. The van der Waals surface area contributed by atoms with E-state index < -0.39 is 95.3 Å². The highest BCUT2D eigenvalue weighted by Gasteiger charge is 2.38. The van der Waals surface area contributed by atoms with E-state index in [2.05, 4.69) is 36.9 Å². The van der Waals surface area contributed by atoms with E-state index in [1.807, 2.05) is 74.9 Å². The number of phenols is 1. The Hall–Kier alpha value is -7.65. The van der Waals surface area contributed by atoms with Crippen molar-refractivity contribution in [1.29, 1.82) is 0 Å². The summed E-state index contributed by atoms with van der Waals surface area (Å²) >= 11 is 1.94. The van der Waals surface area contributed by atoms with Gasteiger partial charge in [-0.15, -0.1) is 0 Å². The summed E-state index contributed by atoms with van der Waals surface area (Å²) in [6, 6.07) is 13.1. The van der Waals surface area contributed by atoms with Crippen LogP contribution in [0.2, 0.25) is 0 Å². The summed E-state index contributed by atoms with van der Waals surface area (Å²) in [5, 5.41) is 38.9. The molecule has 12 N–H and O–H groups in total. The molecule has 6 atom stereocenters. The number of halogens is 1. The Labute approximate surface area is 544 Å². The minimum absolute atomic E-state index is 0.000159. The number of nitrogens with zero attached hydrogens (tertiary/aromatic N) is 5. The van der Waals surface area contributed by atoms with Gasteiger partial charge in [0.05, 0.1) is 47.5 Å². The molecule has 2 saturated heterocycles. The predicted molar refractivity (Wildman–Crippen MR) is 345 cm³/mol. The zero-order valence-electron chi connectivity index (χ0n) is 51.3. The van der Waals surface area contributed by atoms with Crippen LogP contribution < -0.4 is 43.4 Å². The summed E-state index contributed by atoms with van der Waals surface area (Å²) in [6.07, 6.45) is 1.22. The summed E-state index contributed by atoms with van der Waals surface area (Å²) < 4.78 is 10.5. The number of carboxylic acids is 1. The molecular formula is C61H85BIN13O15. The van der Waals surface area contributed by atoms with Crippen molar-refractivity contribution in [2.45, 2.75) is 95.3 Å². The van der Waals surface area contributed by atoms with Crippen molar-refractivity contribution in [3.05, 3.63) is 75.4 Å². The molecule has 28 nitrogen and oxygen atoms in total. The number of phenolic OH excluding ortho intramolecular Hbond substituents is 1. The average molecular weight is 1380 g/mol. The van der Waals surface area contributed by atoms with Gasteiger partial charge in [-0.3, -0.25) is 72.5 Å². The summed E-state index contributed by atoms with van der Waals surface area (Å²) in [4.78, 5) is 157. The number of guanidine groups is 1. The molecule has 0 bridgehead atoms. The van der Waals surface area contributed by atoms with Crippen molar-refractivity contribution >= 4 is 113 Å². The van der Waals surface area contributed by atoms with Crippen LogP contribution in [0.4, 0.5) is 0 Å². The van der Waals surface area contributed by atoms with Crippen LogP contribution in [0.5, 0.6) is 5.75 Å². The first-order chi connectivity index (χ1) is 43.6. The van der Waals surface area contributed by atoms with Crippen molar-refractivity contribution in [2.24, 2.45) is 28.3 Å². The third kappa shape index (κ3) is 27.0. The molecular weight excluding hydrogens is 1290 g/mol. The van der Waals surface area contributed by atoms with Crippen LogP contribution in [-0.4, -0.2) is 239 Å². The van der Waals surface area contributed by atoms with Crippen LogP contribution >= 0.6 is 22.6 Å². The van der Waals surface area contributed by atoms with Gasteiger partial charge in [0.1, 0.15) is 31.3 Å². The standard InChI is InChI=1S/C61H85BIN13O15/c1-40-45(10-6-18-66-32-52(80)47(11-4-5-13-53(62)81)69-55(83)34-73-20-21-74(35-56(84)85)23-25-76(37-91-39-78)27-26-75(24-22-73)36-90-38-77)58(87)71-48(12-7-19-67-61(64)65)60(89)72-50(31-41-14-16-43-8-2-3-9-44(43)28-41)59(88)68-33-54(82)70-49(57(40)86)30-42-15-17-51(79)46(63)29-42/h2-3,8-9,14-17,28-29,38-40,45,47-50,66,79H,4-7,10-13,18-27,30-37H2,1H3,(H,68,88)(H,69,83)(H,70,82)(H,71,87)(H,72,89)(H,84,85)(H4,64,65,67)/t40?,45-,47?,48-,49+,50-/m0/s1. The minimum Gasteiger partial charge on any atom is -0.507 e. The second kappa shape index (κ2) is 39.6. The topological polar surface area (TPSA) is 396 Å². The molecule has 3 aromatic carbocycles. The van der Waals surface area contributed by atoms with Crippen molar-refractivity contribution < 1.29 is 72.4 Å². The number of Topliss-reactive ketones (excluding diaryl/α,β-unsaturated/α-hetero) is 2. The number of amides is 5. The van der Waals surface area contributed by atoms with E-state index in [0.717, 1.165) is 10.8 Å². The smallest absolute Gasteiger partial charge is 0.317 e. The van der Waals surface area contributed by atoms with Crippen LogP contribution in [0, 0.1) is 15.4 Å². The number of aliphatic imine (C=N–C) groups is 1. The fourth-order valence-corrected chi connectivity index (χ4v) is 11.3. The first-order valence-electron chi connectivity index (χ1n) is 30.4. The van der Waals surface area contributed by atoms with E-state index in [1.165, 1.54) is 6.07 Å². The number of nitrogens with one attached hydrogen (secondary N) is 6. The number of ketones is 2. The maximum atomic E-state index is 14.9. The first-order valence-corrected chi connectivity index (χ1v) is 31.5. The first kappa shape index (κ1) is 74.1. The van der Waals surface area contributed by atoms with Gasteiger partial charge < -0.3 is 67.8 Å². The van der Waals surface area contributed by atoms with Gasteiger partial charge in [0, 0.05) is 77.2 Å². The number of ether oxygens (including phenoxy) is 2. The number of unbranched alkanes of at least 4 members (excludes halogenated alkanes) is 1. The lowest BCUT2D eigenvalue weighted by atomic mass is 9.82. The number of benzene rings is 3. The summed E-state index contributed by atoms with van der Waals surface area (Å²) in [7, 11) is 5.41. The van der Waals surface area contributed by atoms with Gasteiger partial charge in [-0.1, -0.05) is 61.9 Å².